The molecule has 0 aliphatic heterocycles. The van der Waals surface area contributed by atoms with E-state index in [1.165, 1.54) is 42.6 Å². The number of hydrogen-bond donors (Lipinski definition) is 1. The summed E-state index contributed by atoms with van der Waals surface area (Å²) in [6.45, 7) is 3.53. The van der Waals surface area contributed by atoms with E-state index < -0.39 is 22.8 Å². The molecule has 5 rings (SSSR count). The fourth-order valence-corrected chi connectivity index (χ4v) is 4.43. The number of benzene rings is 2. The average Bonchev–Trinajstić information content (AvgIpc) is 2.88. The van der Waals surface area contributed by atoms with Crippen LogP contribution in [0.1, 0.15) is 27.3 Å². The van der Waals surface area contributed by atoms with Gasteiger partial charge in [-0.3, -0.25) is 14.6 Å². The number of ketones is 1. The molecule has 3 heterocycles. The Balaban J connectivity index is 1.40. The van der Waals surface area contributed by atoms with Crippen molar-refractivity contribution < 1.29 is 18.3 Å². The van der Waals surface area contributed by atoms with Crippen LogP contribution in [0.25, 0.3) is 22.2 Å². The monoisotopic (exact) mass is 575 g/mol. The molecule has 0 amide bonds. The van der Waals surface area contributed by atoms with Gasteiger partial charge in [-0.1, -0.05) is 18.2 Å². The van der Waals surface area contributed by atoms with E-state index in [0.717, 1.165) is 10.2 Å². The van der Waals surface area contributed by atoms with Crippen molar-refractivity contribution in [3.05, 3.63) is 116 Å². The maximum absolute atomic E-state index is 15.0. The van der Waals surface area contributed by atoms with E-state index in [2.05, 4.69) is 30.9 Å². The van der Waals surface area contributed by atoms with E-state index in [1.54, 1.807) is 25.3 Å². The Morgan fingerprint density at radius 1 is 1.03 bits per heavy atom. The summed E-state index contributed by atoms with van der Waals surface area (Å²) in [6.07, 6.45) is 2.70. The van der Waals surface area contributed by atoms with Gasteiger partial charge in [-0.25, -0.2) is 13.8 Å². The van der Waals surface area contributed by atoms with Crippen LogP contribution in [0, 0.1) is 25.5 Å². The quantitative estimate of drug-likeness (QED) is 0.223. The third kappa shape index (κ3) is 4.97. The number of ether oxygens (including phenoxy) is 1. The Kier molecular flexibility index (Phi) is 6.86. The van der Waals surface area contributed by atoms with Crippen molar-refractivity contribution in [3.8, 4) is 22.6 Å². The van der Waals surface area contributed by atoms with Gasteiger partial charge >= 0.3 is 0 Å². The minimum absolute atomic E-state index is 0.0390. The molecule has 2 aromatic carbocycles. The predicted molar refractivity (Wildman–Crippen MR) is 144 cm³/mol. The predicted octanol–water partition coefficient (Wildman–Crippen LogP) is 6.86. The summed E-state index contributed by atoms with van der Waals surface area (Å²) >= 11 is 3.42. The maximum Gasteiger partial charge on any atom is 0.200 e. The first-order chi connectivity index (χ1) is 18.2. The van der Waals surface area contributed by atoms with Crippen molar-refractivity contribution in [1.29, 1.82) is 0 Å². The lowest BCUT2D eigenvalue weighted by molar-refractivity contribution is 0.0991. The molecule has 38 heavy (non-hydrogen) atoms. The first-order valence-corrected chi connectivity index (χ1v) is 12.4. The second-order valence-electron chi connectivity index (χ2n) is 8.74. The number of nitrogens with zero attached hydrogens (tertiary/aromatic N) is 2. The van der Waals surface area contributed by atoms with Gasteiger partial charge in [-0.2, -0.15) is 0 Å². The lowest BCUT2D eigenvalue weighted by Gasteiger charge is -2.11. The molecule has 1 N–H and O–H groups in total. The molecule has 6 nitrogen and oxygen atoms in total. The maximum atomic E-state index is 15.0. The van der Waals surface area contributed by atoms with Crippen molar-refractivity contribution in [2.24, 2.45) is 0 Å². The van der Waals surface area contributed by atoms with Gasteiger partial charge < -0.3 is 9.72 Å². The van der Waals surface area contributed by atoms with E-state index in [0.29, 0.717) is 33.6 Å². The van der Waals surface area contributed by atoms with Crippen LogP contribution in [0.15, 0.2) is 76.3 Å². The molecule has 0 aliphatic rings. The number of H-pyrrole nitrogens is 1. The second-order valence-corrected chi connectivity index (χ2v) is 9.59. The van der Waals surface area contributed by atoms with E-state index in [4.69, 9.17) is 4.74 Å². The molecule has 3 aromatic heterocycles. The van der Waals surface area contributed by atoms with Gasteiger partial charge in [0, 0.05) is 40.6 Å². The summed E-state index contributed by atoms with van der Waals surface area (Å²) in [5, 5.41) is 0. The van der Waals surface area contributed by atoms with Gasteiger partial charge in [-0.15, -0.1) is 0 Å². The summed E-state index contributed by atoms with van der Waals surface area (Å²) in [7, 11) is 0. The van der Waals surface area contributed by atoms with Crippen LogP contribution in [-0.4, -0.2) is 20.7 Å². The fraction of sp³-hybridized carbons (Fsp3) is 0.103. The molecular weight excluding hydrogens is 556 g/mol. The van der Waals surface area contributed by atoms with Crippen molar-refractivity contribution in [3.63, 3.8) is 0 Å². The largest absolute Gasteiger partial charge is 0.452 e. The summed E-state index contributed by atoms with van der Waals surface area (Å²) < 4.78 is 35.0. The minimum Gasteiger partial charge on any atom is -0.452 e. The molecule has 0 spiro atoms. The smallest absolute Gasteiger partial charge is 0.200 e. The summed E-state index contributed by atoms with van der Waals surface area (Å²) in [5.41, 5.74) is 2.97. The summed E-state index contributed by atoms with van der Waals surface area (Å²) in [6, 6.07) is 13.1. The topological polar surface area (TPSA) is 84.9 Å². The van der Waals surface area contributed by atoms with E-state index in [9.17, 15) is 14.0 Å². The van der Waals surface area contributed by atoms with Gasteiger partial charge in [0.25, 0.3) is 0 Å². The van der Waals surface area contributed by atoms with Crippen LogP contribution in [-0.2, 0) is 6.42 Å². The zero-order valence-electron chi connectivity index (χ0n) is 20.3. The van der Waals surface area contributed by atoms with Crippen LogP contribution in [0.3, 0.4) is 0 Å². The summed E-state index contributed by atoms with van der Waals surface area (Å²) in [4.78, 5) is 37.9. The van der Waals surface area contributed by atoms with E-state index in [1.807, 2.05) is 13.0 Å². The minimum atomic E-state index is -0.668. The van der Waals surface area contributed by atoms with Gasteiger partial charge in [0.2, 0.25) is 0 Å². The molecule has 0 aliphatic carbocycles. The third-order valence-electron chi connectivity index (χ3n) is 6.10. The van der Waals surface area contributed by atoms with Gasteiger partial charge in [0.05, 0.1) is 16.8 Å². The lowest BCUT2D eigenvalue weighted by atomic mass is 9.98. The highest BCUT2D eigenvalue weighted by molar-refractivity contribution is 9.10. The molecule has 0 unspecified atom stereocenters. The number of pyridine rings is 3. The number of aryl methyl sites for hydroxylation is 2. The third-order valence-corrected chi connectivity index (χ3v) is 6.90. The Morgan fingerprint density at radius 2 is 1.79 bits per heavy atom. The highest BCUT2D eigenvalue weighted by atomic mass is 79.9. The van der Waals surface area contributed by atoms with Gasteiger partial charge in [0.15, 0.2) is 28.5 Å². The molecular formula is C29H20BrF2N3O3. The van der Waals surface area contributed by atoms with Crippen LogP contribution in [0.4, 0.5) is 8.78 Å². The number of fused-ring (bicyclic) bond motifs is 1. The number of aromatic nitrogens is 3. The Labute approximate surface area is 224 Å². The molecule has 0 radical (unpaired) electrons. The van der Waals surface area contributed by atoms with Gasteiger partial charge in [-0.05, 0) is 71.2 Å². The molecule has 9 heteroatoms. The number of nitrogens with one attached hydrogen (secondary N) is 1. The first kappa shape index (κ1) is 25.4. The molecule has 0 atom stereocenters. The van der Waals surface area contributed by atoms with Gasteiger partial charge in [0.1, 0.15) is 11.3 Å². The van der Waals surface area contributed by atoms with Crippen molar-refractivity contribution in [2.75, 3.05) is 0 Å². The number of hydrogen-bond acceptors (Lipinski definition) is 5. The number of rotatable bonds is 6. The molecule has 0 saturated carbocycles. The first-order valence-electron chi connectivity index (χ1n) is 11.6. The Morgan fingerprint density at radius 3 is 2.53 bits per heavy atom. The van der Waals surface area contributed by atoms with Crippen molar-refractivity contribution >= 4 is 32.7 Å². The van der Waals surface area contributed by atoms with Crippen molar-refractivity contribution in [2.45, 2.75) is 20.3 Å². The van der Waals surface area contributed by atoms with E-state index >= 15 is 4.39 Å². The normalized spacial score (nSPS) is 11.1. The van der Waals surface area contributed by atoms with Crippen LogP contribution in [0.2, 0.25) is 0 Å². The molecule has 5 aromatic rings. The highest BCUT2D eigenvalue weighted by Gasteiger charge is 2.18. The molecule has 190 valence electrons. The number of halogens is 3. The van der Waals surface area contributed by atoms with Crippen LogP contribution in [0.5, 0.6) is 11.5 Å². The highest BCUT2D eigenvalue weighted by Crippen LogP contribution is 2.31. The summed E-state index contributed by atoms with van der Waals surface area (Å²) in [5.74, 6) is -1.27. The molecule has 0 fully saturated rings. The number of Topliss-reactive ketones (excluding diaryl/α,β-unsaturated/α-hetero) is 1. The number of carbonyl (C=O) groups excluding carboxylic acids is 1. The molecule has 0 bridgehead atoms. The zero-order chi connectivity index (χ0) is 27.0. The Hall–Kier alpha value is -4.24. The van der Waals surface area contributed by atoms with E-state index in [-0.39, 0.29) is 23.3 Å². The zero-order valence-corrected chi connectivity index (χ0v) is 21.9. The SMILES string of the molecule is Cc1nc2c(Oc3ccc(CC(=O)c4c[nH]c(C)c(-c5ccc(F)cc5)c4=O)cc3F)ccnc2cc1Br. The second kappa shape index (κ2) is 10.3. The van der Waals surface area contributed by atoms with Crippen molar-refractivity contribution in [1.82, 2.24) is 15.0 Å². The average molecular weight is 576 g/mol. The standard InChI is InChI=1S/C29H20BrF2N3O3/c1-15-21(30)13-23-28(35-15)26(9-10-33-23)38-25-8-3-17(11-22(25)32)12-24(36)20-14-34-16(2)27(29(20)37)18-4-6-19(31)7-5-18/h3-11,13-14H,12H2,1-2H3,(H,34,37). The van der Waals surface area contributed by atoms with Crippen LogP contribution >= 0.6 is 15.9 Å². The lowest BCUT2D eigenvalue weighted by Crippen LogP contribution is -2.20. The Bertz CT molecular complexity index is 1770. The number of aromatic amines is 1. The molecule has 0 saturated heterocycles. The van der Waals surface area contributed by atoms with Crippen LogP contribution < -0.4 is 10.2 Å². The number of carbonyl (C=O) groups is 1. The fourth-order valence-electron chi connectivity index (χ4n) is 4.13.